The molecule has 0 radical (unpaired) electrons. The fraction of sp³-hybridized carbons (Fsp3) is 0.235. The third kappa shape index (κ3) is 3.80. The second-order valence-corrected chi connectivity index (χ2v) is 5.88. The minimum absolute atomic E-state index is 0.0718. The summed E-state index contributed by atoms with van der Waals surface area (Å²) >= 11 is 1.17. The molecule has 0 saturated heterocycles. The summed E-state index contributed by atoms with van der Waals surface area (Å²) in [6.45, 7) is 2.70. The zero-order chi connectivity index (χ0) is 16.9. The highest BCUT2D eigenvalue weighted by molar-refractivity contribution is 6.99. The van der Waals surface area contributed by atoms with E-state index in [1.54, 1.807) is 48.5 Å². The maximum absolute atomic E-state index is 12.4. The summed E-state index contributed by atoms with van der Waals surface area (Å²) in [5.41, 5.74) is 2.31. The second-order valence-electron chi connectivity index (χ2n) is 5.35. The summed E-state index contributed by atoms with van der Waals surface area (Å²) in [4.78, 5) is 14.0. The van der Waals surface area contributed by atoms with Gasteiger partial charge in [-0.3, -0.25) is 4.79 Å². The van der Waals surface area contributed by atoms with Crippen LogP contribution in [0.2, 0.25) is 0 Å². The van der Waals surface area contributed by atoms with E-state index in [1.165, 1.54) is 11.7 Å². The topological polar surface area (TPSA) is 68.5 Å². The average Bonchev–Trinajstić information content (AvgIpc) is 3.24. The van der Waals surface area contributed by atoms with Crippen molar-refractivity contribution in [2.45, 2.75) is 20.1 Å². The number of rotatable bonds is 6. The molecule has 0 saturated carbocycles. The fourth-order valence-corrected chi connectivity index (χ4v) is 2.71. The number of hydrogen-bond donors (Lipinski definition) is 0. The normalized spacial score (nSPS) is 10.6. The van der Waals surface area contributed by atoms with Gasteiger partial charge in [0.15, 0.2) is 0 Å². The van der Waals surface area contributed by atoms with Crippen LogP contribution in [0.5, 0.6) is 5.75 Å². The lowest BCUT2D eigenvalue weighted by Crippen LogP contribution is -2.25. The molecule has 0 bridgehead atoms. The van der Waals surface area contributed by atoms with Crippen molar-refractivity contribution in [1.82, 2.24) is 13.6 Å². The molecule has 0 aliphatic rings. The van der Waals surface area contributed by atoms with E-state index in [0.717, 1.165) is 17.1 Å². The van der Waals surface area contributed by atoms with Crippen LogP contribution in [-0.2, 0) is 13.2 Å². The summed E-state index contributed by atoms with van der Waals surface area (Å²) in [5, 5.41) is 0. The Labute approximate surface area is 144 Å². The van der Waals surface area contributed by atoms with Crippen LogP contribution in [0.1, 0.15) is 27.5 Å². The molecule has 24 heavy (non-hydrogen) atoms. The van der Waals surface area contributed by atoms with Crippen molar-refractivity contribution in [2.24, 2.45) is 0 Å². The monoisotopic (exact) mass is 343 g/mol. The van der Waals surface area contributed by atoms with Gasteiger partial charge in [0.05, 0.1) is 30.2 Å². The molecular formula is C17H17N3O3S. The first kappa shape index (κ1) is 16.2. The summed E-state index contributed by atoms with van der Waals surface area (Å²) < 4.78 is 19.2. The third-order valence-corrected chi connectivity index (χ3v) is 4.20. The van der Waals surface area contributed by atoms with Gasteiger partial charge in [-0.15, -0.1) is 0 Å². The number of aromatic nitrogens is 2. The highest BCUT2D eigenvalue weighted by Crippen LogP contribution is 2.16. The Balaban J connectivity index is 1.59. The molecule has 124 valence electrons. The quantitative estimate of drug-likeness (QED) is 0.687. The van der Waals surface area contributed by atoms with Crippen LogP contribution in [0, 0.1) is 6.92 Å². The third-order valence-electron chi connectivity index (χ3n) is 3.54. The number of aryl methyl sites for hydroxylation is 1. The molecule has 0 fully saturated rings. The Bertz CT molecular complexity index is 797. The maximum Gasteiger partial charge on any atom is 0.254 e. The van der Waals surface area contributed by atoms with E-state index in [9.17, 15) is 4.79 Å². The maximum atomic E-state index is 12.4. The van der Waals surface area contributed by atoms with Crippen molar-refractivity contribution in [2.75, 3.05) is 7.05 Å². The summed E-state index contributed by atoms with van der Waals surface area (Å²) in [7, 11) is 1.74. The largest absolute Gasteiger partial charge is 0.487 e. The Kier molecular flexibility index (Phi) is 4.90. The molecule has 1 aromatic carbocycles. The molecule has 0 atom stereocenters. The zero-order valence-electron chi connectivity index (χ0n) is 13.4. The minimum atomic E-state index is -0.0718. The average molecular weight is 343 g/mol. The smallest absolute Gasteiger partial charge is 0.254 e. The van der Waals surface area contributed by atoms with Crippen LogP contribution in [-0.4, -0.2) is 26.6 Å². The molecule has 3 rings (SSSR count). The van der Waals surface area contributed by atoms with E-state index in [-0.39, 0.29) is 5.91 Å². The molecule has 0 unspecified atom stereocenters. The SMILES string of the molecule is Cc1nsnc1COc1ccc(C(=O)N(C)Cc2ccco2)cc1. The van der Waals surface area contributed by atoms with Gasteiger partial charge in [0.1, 0.15) is 23.8 Å². The number of ether oxygens (including phenoxy) is 1. The number of furan rings is 1. The van der Waals surface area contributed by atoms with Crippen molar-refractivity contribution < 1.29 is 13.9 Å². The number of nitrogens with zero attached hydrogens (tertiary/aromatic N) is 3. The minimum Gasteiger partial charge on any atom is -0.487 e. The highest BCUT2D eigenvalue weighted by atomic mass is 32.1. The lowest BCUT2D eigenvalue weighted by molar-refractivity contribution is 0.0775. The van der Waals surface area contributed by atoms with Crippen molar-refractivity contribution >= 4 is 17.6 Å². The molecule has 2 heterocycles. The van der Waals surface area contributed by atoms with Gasteiger partial charge < -0.3 is 14.1 Å². The number of hydrogen-bond acceptors (Lipinski definition) is 6. The van der Waals surface area contributed by atoms with Crippen molar-refractivity contribution in [1.29, 1.82) is 0 Å². The lowest BCUT2D eigenvalue weighted by atomic mass is 10.2. The van der Waals surface area contributed by atoms with Crippen molar-refractivity contribution in [3.63, 3.8) is 0 Å². The summed E-state index contributed by atoms with van der Waals surface area (Å²) in [6, 6.07) is 10.7. The molecule has 7 heteroatoms. The van der Waals surface area contributed by atoms with Gasteiger partial charge >= 0.3 is 0 Å². The van der Waals surface area contributed by atoms with E-state index >= 15 is 0 Å². The van der Waals surface area contributed by atoms with Crippen LogP contribution >= 0.6 is 11.7 Å². The second kappa shape index (κ2) is 7.27. The molecule has 0 N–H and O–H groups in total. The molecule has 2 aromatic heterocycles. The van der Waals surface area contributed by atoms with Gasteiger partial charge in [0, 0.05) is 12.6 Å². The molecule has 3 aromatic rings. The first-order valence-corrected chi connectivity index (χ1v) is 8.15. The van der Waals surface area contributed by atoms with Gasteiger partial charge in [-0.05, 0) is 43.3 Å². The Morgan fingerprint density at radius 3 is 2.67 bits per heavy atom. The van der Waals surface area contributed by atoms with Gasteiger partial charge in [0.25, 0.3) is 5.91 Å². The molecule has 1 amide bonds. The fourth-order valence-electron chi connectivity index (χ4n) is 2.15. The van der Waals surface area contributed by atoms with Crippen molar-refractivity contribution in [3.8, 4) is 5.75 Å². The first-order valence-electron chi connectivity index (χ1n) is 7.42. The number of benzene rings is 1. The van der Waals surface area contributed by atoms with Gasteiger partial charge in [-0.25, -0.2) is 0 Å². The van der Waals surface area contributed by atoms with E-state index in [0.29, 0.717) is 24.5 Å². The van der Waals surface area contributed by atoms with Crippen LogP contribution in [0.15, 0.2) is 47.1 Å². The predicted molar refractivity (Wildman–Crippen MR) is 89.9 cm³/mol. The Hall–Kier alpha value is -2.67. The number of carbonyl (C=O) groups is 1. The van der Waals surface area contributed by atoms with Gasteiger partial charge in [-0.1, -0.05) is 0 Å². The summed E-state index contributed by atoms with van der Waals surface area (Å²) in [5.74, 6) is 1.36. The van der Waals surface area contributed by atoms with Crippen LogP contribution in [0.4, 0.5) is 0 Å². The first-order chi connectivity index (χ1) is 11.6. The molecule has 6 nitrogen and oxygen atoms in total. The van der Waals surface area contributed by atoms with Crippen LogP contribution in [0.25, 0.3) is 0 Å². The van der Waals surface area contributed by atoms with Crippen LogP contribution < -0.4 is 4.74 Å². The lowest BCUT2D eigenvalue weighted by Gasteiger charge is -2.16. The summed E-state index contributed by atoms with van der Waals surface area (Å²) in [6.07, 6.45) is 1.60. The van der Waals surface area contributed by atoms with Crippen molar-refractivity contribution in [3.05, 3.63) is 65.4 Å². The van der Waals surface area contributed by atoms with Gasteiger partial charge in [0.2, 0.25) is 0 Å². The Morgan fingerprint density at radius 1 is 1.25 bits per heavy atom. The van der Waals surface area contributed by atoms with Crippen LogP contribution in [0.3, 0.4) is 0 Å². The van der Waals surface area contributed by atoms with Gasteiger partial charge in [-0.2, -0.15) is 8.75 Å². The number of carbonyl (C=O) groups excluding carboxylic acids is 1. The molecule has 0 aliphatic carbocycles. The number of amides is 1. The van der Waals surface area contributed by atoms with E-state index in [1.807, 2.05) is 13.0 Å². The zero-order valence-corrected chi connectivity index (χ0v) is 14.2. The predicted octanol–water partition coefficient (Wildman–Crippen LogP) is 3.29. The Morgan fingerprint density at radius 2 is 2.04 bits per heavy atom. The molecule has 0 aliphatic heterocycles. The van der Waals surface area contributed by atoms with E-state index < -0.39 is 0 Å². The molecular weight excluding hydrogens is 326 g/mol. The van der Waals surface area contributed by atoms with E-state index in [2.05, 4.69) is 8.75 Å². The standard InChI is InChI=1S/C17H17N3O3S/c1-12-16(19-24-18-12)11-23-14-7-5-13(6-8-14)17(21)20(2)10-15-4-3-9-22-15/h3-9H,10-11H2,1-2H3. The molecule has 0 spiro atoms. The highest BCUT2D eigenvalue weighted by Gasteiger charge is 2.13. The van der Waals surface area contributed by atoms with E-state index in [4.69, 9.17) is 9.15 Å².